The van der Waals surface area contributed by atoms with Crippen LogP contribution in [0.2, 0.25) is 0 Å². The van der Waals surface area contributed by atoms with Gasteiger partial charge in [0.25, 0.3) is 0 Å². The van der Waals surface area contributed by atoms with E-state index in [0.717, 1.165) is 17.2 Å². The van der Waals surface area contributed by atoms with Crippen LogP contribution in [-0.4, -0.2) is 35.8 Å². The summed E-state index contributed by atoms with van der Waals surface area (Å²) in [7, 11) is 1.67. The van der Waals surface area contributed by atoms with Crippen LogP contribution in [0.3, 0.4) is 0 Å². The Morgan fingerprint density at radius 2 is 2.47 bits per heavy atom. The van der Waals surface area contributed by atoms with Gasteiger partial charge in [-0.15, -0.1) is 11.3 Å². The van der Waals surface area contributed by atoms with Gasteiger partial charge in [0.15, 0.2) is 5.13 Å². The predicted molar refractivity (Wildman–Crippen MR) is 67.6 cm³/mol. The van der Waals surface area contributed by atoms with Crippen molar-refractivity contribution in [2.75, 3.05) is 19.0 Å². The Morgan fingerprint density at radius 1 is 1.71 bits per heavy atom. The quantitative estimate of drug-likeness (QED) is 0.746. The first kappa shape index (κ1) is 13.9. The highest BCUT2D eigenvalue weighted by atomic mass is 32.1. The Hall–Kier alpha value is -1.14. The van der Waals surface area contributed by atoms with E-state index in [-0.39, 0.29) is 12.5 Å². The van der Waals surface area contributed by atoms with Gasteiger partial charge in [0.2, 0.25) is 0 Å². The van der Waals surface area contributed by atoms with Gasteiger partial charge in [-0.1, -0.05) is 6.92 Å². The number of aromatic nitrogens is 1. The van der Waals surface area contributed by atoms with Crippen molar-refractivity contribution in [3.63, 3.8) is 0 Å². The molecular weight excluding hydrogens is 240 g/mol. The summed E-state index contributed by atoms with van der Waals surface area (Å²) >= 11 is 1.50. The first-order chi connectivity index (χ1) is 8.15. The first-order valence-corrected chi connectivity index (χ1v) is 6.45. The molecule has 0 saturated carbocycles. The number of aryl methyl sites for hydroxylation is 1. The third kappa shape index (κ3) is 5.14. The van der Waals surface area contributed by atoms with E-state index in [1.54, 1.807) is 7.11 Å². The zero-order chi connectivity index (χ0) is 12.7. The fourth-order valence-corrected chi connectivity index (χ4v) is 2.18. The third-order valence-electron chi connectivity index (χ3n) is 2.34. The summed E-state index contributed by atoms with van der Waals surface area (Å²) in [6.07, 6.45) is 1.56. The largest absolute Gasteiger partial charge is 0.481 e. The van der Waals surface area contributed by atoms with Crippen LogP contribution in [0.15, 0.2) is 5.38 Å². The Balaban J connectivity index is 2.46. The molecule has 0 aliphatic heterocycles. The average molecular weight is 258 g/mol. The van der Waals surface area contributed by atoms with E-state index in [2.05, 4.69) is 17.2 Å². The summed E-state index contributed by atoms with van der Waals surface area (Å²) in [4.78, 5) is 14.8. The highest BCUT2D eigenvalue weighted by Gasteiger charge is 2.09. The van der Waals surface area contributed by atoms with Crippen molar-refractivity contribution in [1.29, 1.82) is 0 Å². The van der Waals surface area contributed by atoms with E-state index in [1.165, 1.54) is 11.3 Å². The van der Waals surface area contributed by atoms with Gasteiger partial charge in [-0.05, 0) is 6.42 Å². The molecular formula is C11H18N2O3S. The molecule has 0 amide bonds. The Labute approximate surface area is 105 Å². The molecule has 5 nitrogen and oxygen atoms in total. The summed E-state index contributed by atoms with van der Waals surface area (Å²) in [6.45, 7) is 2.72. The molecule has 1 rings (SSSR count). The number of aliphatic carboxylic acids is 1. The molecule has 0 bridgehead atoms. The molecule has 0 fully saturated rings. The van der Waals surface area contributed by atoms with Crippen LogP contribution in [0.1, 0.15) is 25.5 Å². The van der Waals surface area contributed by atoms with E-state index >= 15 is 0 Å². The SMILES string of the molecule is CCC(COC)Nc1nc(CCC(=O)O)cs1. The van der Waals surface area contributed by atoms with Crippen LogP contribution >= 0.6 is 11.3 Å². The van der Waals surface area contributed by atoms with Gasteiger partial charge in [-0.2, -0.15) is 0 Å². The summed E-state index contributed by atoms with van der Waals surface area (Å²) in [5.74, 6) is -0.793. The number of methoxy groups -OCH3 is 1. The molecule has 1 unspecified atom stereocenters. The number of carboxylic acid groups (broad SMARTS) is 1. The summed E-state index contributed by atoms with van der Waals surface area (Å²) < 4.78 is 5.09. The lowest BCUT2D eigenvalue weighted by atomic mass is 10.2. The van der Waals surface area contributed by atoms with Crippen molar-refractivity contribution in [1.82, 2.24) is 4.98 Å². The first-order valence-electron chi connectivity index (χ1n) is 5.57. The minimum atomic E-state index is -0.793. The zero-order valence-corrected chi connectivity index (χ0v) is 10.9. The Morgan fingerprint density at radius 3 is 3.06 bits per heavy atom. The second kappa shape index (κ2) is 7.24. The standard InChI is InChI=1S/C11H18N2O3S/c1-3-8(6-16-2)12-11-13-9(7-17-11)4-5-10(14)15/h7-8H,3-6H2,1-2H3,(H,12,13)(H,14,15). The maximum Gasteiger partial charge on any atom is 0.303 e. The number of hydrogen-bond acceptors (Lipinski definition) is 5. The molecule has 96 valence electrons. The number of carboxylic acids is 1. The van der Waals surface area contributed by atoms with Gasteiger partial charge in [0, 0.05) is 18.9 Å². The molecule has 2 N–H and O–H groups in total. The molecule has 1 atom stereocenters. The van der Waals surface area contributed by atoms with Crippen molar-refractivity contribution in [2.45, 2.75) is 32.2 Å². The number of anilines is 1. The van der Waals surface area contributed by atoms with Crippen LogP contribution in [0, 0.1) is 0 Å². The second-order valence-electron chi connectivity index (χ2n) is 3.74. The Bertz CT molecular complexity index is 354. The average Bonchev–Trinajstić information content (AvgIpc) is 2.73. The van der Waals surface area contributed by atoms with Gasteiger partial charge in [0.05, 0.1) is 24.8 Å². The lowest BCUT2D eigenvalue weighted by Gasteiger charge is -2.14. The molecule has 0 aromatic carbocycles. The molecule has 0 radical (unpaired) electrons. The van der Waals surface area contributed by atoms with E-state index in [0.29, 0.717) is 13.0 Å². The lowest BCUT2D eigenvalue weighted by Crippen LogP contribution is -2.23. The number of hydrogen-bond donors (Lipinski definition) is 2. The topological polar surface area (TPSA) is 71.5 Å². The van der Waals surface area contributed by atoms with Crippen molar-refractivity contribution in [3.05, 3.63) is 11.1 Å². The number of rotatable bonds is 8. The zero-order valence-electron chi connectivity index (χ0n) is 10.1. The van der Waals surface area contributed by atoms with Crippen molar-refractivity contribution >= 4 is 22.4 Å². The van der Waals surface area contributed by atoms with Gasteiger partial charge >= 0.3 is 5.97 Å². The van der Waals surface area contributed by atoms with Crippen LogP contribution < -0.4 is 5.32 Å². The third-order valence-corrected chi connectivity index (χ3v) is 3.16. The summed E-state index contributed by atoms with van der Waals surface area (Å²) in [5.41, 5.74) is 0.826. The molecule has 1 heterocycles. The molecule has 0 spiro atoms. The predicted octanol–water partition coefficient (Wildman–Crippen LogP) is 2.00. The van der Waals surface area contributed by atoms with Crippen LogP contribution in [0.25, 0.3) is 0 Å². The lowest BCUT2D eigenvalue weighted by molar-refractivity contribution is -0.136. The number of ether oxygens (including phenoxy) is 1. The highest BCUT2D eigenvalue weighted by molar-refractivity contribution is 7.13. The molecule has 0 aliphatic carbocycles. The van der Waals surface area contributed by atoms with E-state index in [9.17, 15) is 4.79 Å². The van der Waals surface area contributed by atoms with Crippen molar-refractivity contribution < 1.29 is 14.6 Å². The molecule has 6 heteroatoms. The maximum absolute atomic E-state index is 10.4. The van der Waals surface area contributed by atoms with E-state index in [1.807, 2.05) is 5.38 Å². The van der Waals surface area contributed by atoms with Gasteiger partial charge in [0.1, 0.15) is 0 Å². The minimum Gasteiger partial charge on any atom is -0.481 e. The number of nitrogens with zero attached hydrogens (tertiary/aromatic N) is 1. The van der Waals surface area contributed by atoms with Crippen LogP contribution in [0.4, 0.5) is 5.13 Å². The summed E-state index contributed by atoms with van der Waals surface area (Å²) in [5, 5.41) is 14.6. The van der Waals surface area contributed by atoms with Crippen molar-refractivity contribution in [3.8, 4) is 0 Å². The van der Waals surface area contributed by atoms with E-state index < -0.39 is 5.97 Å². The number of thiazole rings is 1. The van der Waals surface area contributed by atoms with Gasteiger partial charge < -0.3 is 15.2 Å². The maximum atomic E-state index is 10.4. The minimum absolute atomic E-state index is 0.123. The monoisotopic (exact) mass is 258 g/mol. The second-order valence-corrected chi connectivity index (χ2v) is 4.60. The molecule has 1 aromatic heterocycles. The highest BCUT2D eigenvalue weighted by Crippen LogP contribution is 2.18. The van der Waals surface area contributed by atoms with Gasteiger partial charge in [-0.25, -0.2) is 4.98 Å². The molecule has 0 saturated heterocycles. The normalized spacial score (nSPS) is 12.4. The number of nitrogens with one attached hydrogen (secondary N) is 1. The molecule has 0 aliphatic rings. The van der Waals surface area contributed by atoms with Crippen LogP contribution in [-0.2, 0) is 16.0 Å². The van der Waals surface area contributed by atoms with Crippen LogP contribution in [0.5, 0.6) is 0 Å². The van der Waals surface area contributed by atoms with Gasteiger partial charge in [-0.3, -0.25) is 4.79 Å². The molecule has 17 heavy (non-hydrogen) atoms. The Kier molecular flexibility index (Phi) is 5.93. The number of carbonyl (C=O) groups is 1. The fraction of sp³-hybridized carbons (Fsp3) is 0.636. The smallest absolute Gasteiger partial charge is 0.303 e. The van der Waals surface area contributed by atoms with E-state index in [4.69, 9.17) is 9.84 Å². The molecule has 1 aromatic rings. The summed E-state index contributed by atoms with van der Waals surface area (Å²) in [6, 6.07) is 0.249. The van der Waals surface area contributed by atoms with Crippen molar-refractivity contribution in [2.24, 2.45) is 0 Å². The fourth-order valence-electron chi connectivity index (χ4n) is 1.36.